The molecule has 0 spiro atoms. The van der Waals surface area contributed by atoms with Crippen LogP contribution in [0.25, 0.3) is 10.2 Å². The van der Waals surface area contributed by atoms with Gasteiger partial charge in [0.1, 0.15) is 6.04 Å². The number of aromatic nitrogens is 1. The second kappa shape index (κ2) is 7.83. The summed E-state index contributed by atoms with van der Waals surface area (Å²) in [5, 5.41) is 4.39. The van der Waals surface area contributed by atoms with Gasteiger partial charge >= 0.3 is 0 Å². The minimum atomic E-state index is 0.163. The summed E-state index contributed by atoms with van der Waals surface area (Å²) in [7, 11) is 2.09. The molecule has 0 saturated heterocycles. The standard InChI is InChI=1S/C20H29N3OS/c1-13-8-7-10-16(14(13)2)21-19(24)12-23(4)15(3)20-22-17-9-5-6-11-18(17)25-20/h5-6,9,11,13-16H,7-8,10,12H2,1-4H3,(H,21,24)/p+1/t13-,14-,15+,16+/m1/s1. The summed E-state index contributed by atoms with van der Waals surface area (Å²) < 4.78 is 1.21. The van der Waals surface area contributed by atoms with Crippen LogP contribution in [0.3, 0.4) is 0 Å². The third kappa shape index (κ3) is 4.21. The Morgan fingerprint density at radius 3 is 2.88 bits per heavy atom. The molecule has 2 N–H and O–H groups in total. The van der Waals surface area contributed by atoms with Crippen LogP contribution in [0.1, 0.15) is 51.1 Å². The maximum atomic E-state index is 12.5. The van der Waals surface area contributed by atoms with Crippen molar-refractivity contribution in [3.63, 3.8) is 0 Å². The molecule has 0 aliphatic heterocycles. The minimum Gasteiger partial charge on any atom is -0.348 e. The second-order valence-corrected chi connectivity index (χ2v) is 8.77. The molecule has 25 heavy (non-hydrogen) atoms. The van der Waals surface area contributed by atoms with Crippen LogP contribution in [0, 0.1) is 11.8 Å². The Labute approximate surface area is 154 Å². The van der Waals surface area contributed by atoms with Crippen molar-refractivity contribution in [1.29, 1.82) is 0 Å². The fraction of sp³-hybridized carbons (Fsp3) is 0.600. The van der Waals surface area contributed by atoms with Crippen LogP contribution in [0.15, 0.2) is 24.3 Å². The van der Waals surface area contributed by atoms with Gasteiger partial charge in [-0.1, -0.05) is 38.8 Å². The van der Waals surface area contributed by atoms with E-state index in [0.29, 0.717) is 24.4 Å². The number of rotatable bonds is 5. The highest BCUT2D eigenvalue weighted by atomic mass is 32.1. The second-order valence-electron chi connectivity index (χ2n) is 7.71. The summed E-state index contributed by atoms with van der Waals surface area (Å²) >= 11 is 1.73. The number of benzene rings is 1. The Morgan fingerprint density at radius 1 is 1.36 bits per heavy atom. The fourth-order valence-corrected chi connectivity index (χ4v) is 4.85. The molecule has 5 atom stereocenters. The molecular formula is C20H30N3OS+. The molecule has 1 unspecified atom stereocenters. The van der Waals surface area contributed by atoms with Crippen LogP contribution in [0.2, 0.25) is 0 Å². The number of nitrogens with one attached hydrogen (secondary N) is 2. The lowest BCUT2D eigenvalue weighted by Gasteiger charge is -2.34. The van der Waals surface area contributed by atoms with Crippen LogP contribution >= 0.6 is 11.3 Å². The highest BCUT2D eigenvalue weighted by molar-refractivity contribution is 7.18. The number of carbonyl (C=O) groups excluding carboxylic acids is 1. The molecule has 1 amide bonds. The number of nitrogens with zero attached hydrogens (tertiary/aromatic N) is 1. The third-order valence-electron chi connectivity index (χ3n) is 5.91. The number of carbonyl (C=O) groups is 1. The van der Waals surface area contributed by atoms with Gasteiger partial charge in [0.2, 0.25) is 0 Å². The van der Waals surface area contributed by atoms with E-state index in [1.54, 1.807) is 11.3 Å². The number of hydrogen-bond acceptors (Lipinski definition) is 3. The van der Waals surface area contributed by atoms with Gasteiger partial charge in [0.25, 0.3) is 5.91 Å². The van der Waals surface area contributed by atoms with E-state index in [4.69, 9.17) is 4.98 Å². The summed E-state index contributed by atoms with van der Waals surface area (Å²) in [4.78, 5) is 18.5. The van der Waals surface area contributed by atoms with Gasteiger partial charge < -0.3 is 10.2 Å². The number of fused-ring (bicyclic) bond motifs is 1. The average Bonchev–Trinajstić information content (AvgIpc) is 3.02. The van der Waals surface area contributed by atoms with E-state index in [0.717, 1.165) is 16.9 Å². The van der Waals surface area contributed by atoms with E-state index in [-0.39, 0.29) is 11.9 Å². The summed E-state index contributed by atoms with van der Waals surface area (Å²) in [6.45, 7) is 7.23. The fourth-order valence-electron chi connectivity index (χ4n) is 3.74. The van der Waals surface area contributed by atoms with Gasteiger partial charge in [0.15, 0.2) is 11.6 Å². The van der Waals surface area contributed by atoms with Crippen LogP contribution in [0.5, 0.6) is 0 Å². The summed E-state index contributed by atoms with van der Waals surface area (Å²) in [6, 6.07) is 8.78. The Morgan fingerprint density at radius 2 is 2.12 bits per heavy atom. The third-order valence-corrected chi connectivity index (χ3v) is 7.13. The summed E-state index contributed by atoms with van der Waals surface area (Å²) in [5.74, 6) is 1.43. The van der Waals surface area contributed by atoms with Gasteiger partial charge in [-0.05, 0) is 37.3 Å². The van der Waals surface area contributed by atoms with Gasteiger partial charge in [0, 0.05) is 6.04 Å². The molecule has 1 aromatic carbocycles. The first-order valence-corrected chi connectivity index (χ1v) is 10.2. The van der Waals surface area contributed by atoms with Crippen molar-refractivity contribution < 1.29 is 9.69 Å². The van der Waals surface area contributed by atoms with Crippen LogP contribution < -0.4 is 10.2 Å². The number of likely N-dealkylation sites (N-methyl/N-ethyl adjacent to an activating group) is 1. The number of quaternary nitrogens is 1. The summed E-state index contributed by atoms with van der Waals surface area (Å²) in [6.07, 6.45) is 3.62. The van der Waals surface area contributed by atoms with E-state index in [1.807, 2.05) is 12.1 Å². The topological polar surface area (TPSA) is 46.4 Å². The minimum absolute atomic E-state index is 0.163. The lowest BCUT2D eigenvalue weighted by molar-refractivity contribution is -0.902. The van der Waals surface area contributed by atoms with Gasteiger partial charge in [-0.3, -0.25) is 4.79 Å². The largest absolute Gasteiger partial charge is 0.348 e. The van der Waals surface area contributed by atoms with Gasteiger partial charge in [-0.15, -0.1) is 11.3 Å². The van der Waals surface area contributed by atoms with Gasteiger partial charge in [-0.2, -0.15) is 0 Å². The monoisotopic (exact) mass is 360 g/mol. The van der Waals surface area contributed by atoms with Gasteiger partial charge in [-0.25, -0.2) is 4.98 Å². The first-order chi connectivity index (χ1) is 12.0. The molecule has 3 rings (SSSR count). The lowest BCUT2D eigenvalue weighted by Crippen LogP contribution is -3.10. The van der Waals surface area contributed by atoms with Crippen molar-refractivity contribution in [2.45, 2.75) is 52.1 Å². The van der Waals surface area contributed by atoms with E-state index in [1.165, 1.54) is 22.4 Å². The molecule has 136 valence electrons. The molecule has 0 bridgehead atoms. The Balaban J connectivity index is 1.58. The van der Waals surface area contributed by atoms with Crippen molar-refractivity contribution in [1.82, 2.24) is 10.3 Å². The Kier molecular flexibility index (Phi) is 5.74. The highest BCUT2D eigenvalue weighted by Crippen LogP contribution is 2.29. The van der Waals surface area contributed by atoms with E-state index < -0.39 is 0 Å². The zero-order chi connectivity index (χ0) is 18.0. The average molecular weight is 361 g/mol. The number of thiazole rings is 1. The molecule has 1 aliphatic carbocycles. The maximum absolute atomic E-state index is 12.5. The Bertz CT molecular complexity index is 696. The summed E-state index contributed by atoms with van der Waals surface area (Å²) in [5.41, 5.74) is 1.05. The molecule has 1 fully saturated rings. The molecule has 1 aromatic heterocycles. The maximum Gasteiger partial charge on any atom is 0.275 e. The zero-order valence-electron chi connectivity index (χ0n) is 15.7. The number of amides is 1. The van der Waals surface area contributed by atoms with Crippen LogP contribution in [-0.4, -0.2) is 30.5 Å². The van der Waals surface area contributed by atoms with Crippen molar-refractivity contribution in [2.75, 3.05) is 13.6 Å². The van der Waals surface area contributed by atoms with E-state index >= 15 is 0 Å². The molecule has 0 radical (unpaired) electrons. The van der Waals surface area contributed by atoms with Crippen molar-refractivity contribution in [2.24, 2.45) is 11.8 Å². The molecule has 5 heteroatoms. The van der Waals surface area contributed by atoms with Gasteiger partial charge in [0.05, 0.1) is 17.3 Å². The van der Waals surface area contributed by atoms with Crippen molar-refractivity contribution in [3.8, 4) is 0 Å². The van der Waals surface area contributed by atoms with Crippen molar-refractivity contribution >= 4 is 27.5 Å². The lowest BCUT2D eigenvalue weighted by atomic mass is 9.78. The molecule has 4 nitrogen and oxygen atoms in total. The zero-order valence-corrected chi connectivity index (χ0v) is 16.5. The Hall–Kier alpha value is -1.46. The quantitative estimate of drug-likeness (QED) is 0.861. The molecular weight excluding hydrogens is 330 g/mol. The highest BCUT2D eigenvalue weighted by Gasteiger charge is 2.29. The smallest absolute Gasteiger partial charge is 0.275 e. The van der Waals surface area contributed by atoms with E-state index in [9.17, 15) is 4.79 Å². The molecule has 1 heterocycles. The first kappa shape index (κ1) is 18.3. The molecule has 1 aliphatic rings. The normalized spacial score (nSPS) is 26.3. The predicted molar refractivity (Wildman–Crippen MR) is 104 cm³/mol. The predicted octanol–water partition coefficient (Wildman–Crippen LogP) is 2.81. The molecule has 2 aromatic rings. The molecule has 1 saturated carbocycles. The number of para-hydroxylation sites is 1. The number of hydrogen-bond donors (Lipinski definition) is 2. The first-order valence-electron chi connectivity index (χ1n) is 9.43. The van der Waals surface area contributed by atoms with Crippen molar-refractivity contribution in [3.05, 3.63) is 29.3 Å². The van der Waals surface area contributed by atoms with Crippen LogP contribution in [-0.2, 0) is 4.79 Å². The SMILES string of the molecule is C[C@@H]1[C@H](C)CCC[C@@H]1NC(=O)C[NH+](C)[C@@H](C)c1nc2ccccc2s1. The van der Waals surface area contributed by atoms with Crippen LogP contribution in [0.4, 0.5) is 0 Å². The van der Waals surface area contributed by atoms with E-state index in [2.05, 4.69) is 45.3 Å².